The van der Waals surface area contributed by atoms with E-state index < -0.39 is 6.04 Å². The highest BCUT2D eigenvalue weighted by atomic mass is 35.5. The Labute approximate surface area is 239 Å². The topological polar surface area (TPSA) is 69.7 Å². The fourth-order valence-electron chi connectivity index (χ4n) is 5.19. The van der Waals surface area contributed by atoms with Crippen molar-refractivity contribution in [2.24, 2.45) is 0 Å². The molecule has 5 rings (SSSR count). The molecule has 0 radical (unpaired) electrons. The lowest BCUT2D eigenvalue weighted by Crippen LogP contribution is -2.54. The minimum Gasteiger partial charge on any atom is -0.352 e. The number of anilines is 1. The van der Waals surface area contributed by atoms with Crippen LogP contribution in [0.4, 0.5) is 5.69 Å². The summed E-state index contributed by atoms with van der Waals surface area (Å²) in [5, 5.41) is 5.42. The molecule has 0 saturated carbocycles. The van der Waals surface area contributed by atoms with Gasteiger partial charge in [0, 0.05) is 35.0 Å². The number of rotatable bonds is 10. The van der Waals surface area contributed by atoms with Crippen molar-refractivity contribution in [2.75, 3.05) is 11.4 Å². The average molecular weight is 554 g/mol. The number of carbonyl (C=O) groups excluding carboxylic acids is 3. The lowest BCUT2D eigenvalue weighted by atomic mass is 10.0. The summed E-state index contributed by atoms with van der Waals surface area (Å²) in [6.07, 6.45) is 1.09. The maximum Gasteiger partial charge on any atom is 0.259 e. The number of nitrogens with zero attached hydrogens (tertiary/aromatic N) is 2. The Bertz CT molecular complexity index is 1550. The third-order valence-electron chi connectivity index (χ3n) is 7.46. The molecule has 0 saturated heterocycles. The largest absolute Gasteiger partial charge is 0.352 e. The highest BCUT2D eigenvalue weighted by Crippen LogP contribution is 2.37. The molecule has 4 aromatic rings. The normalized spacial score (nSPS) is 13.8. The summed E-state index contributed by atoms with van der Waals surface area (Å²) in [6.45, 7) is 3.93. The number of nitrogens with one attached hydrogen (secondary N) is 1. The predicted molar refractivity (Wildman–Crippen MR) is 159 cm³/mol. The van der Waals surface area contributed by atoms with Gasteiger partial charge in [-0.05, 0) is 54.1 Å². The Morgan fingerprint density at radius 1 is 0.925 bits per heavy atom. The Morgan fingerprint density at radius 2 is 1.62 bits per heavy atom. The number of carbonyl (C=O) groups is 3. The number of benzene rings is 4. The van der Waals surface area contributed by atoms with Gasteiger partial charge in [-0.3, -0.25) is 19.3 Å². The first-order chi connectivity index (χ1) is 19.4. The summed E-state index contributed by atoms with van der Waals surface area (Å²) in [7, 11) is 0. The maximum absolute atomic E-state index is 14.2. The van der Waals surface area contributed by atoms with Crippen LogP contribution in [-0.4, -0.2) is 41.2 Å². The molecule has 0 aromatic heterocycles. The zero-order valence-corrected chi connectivity index (χ0v) is 23.4. The summed E-state index contributed by atoms with van der Waals surface area (Å²) in [5.74, 6) is -0.767. The fraction of sp³-hybridized carbons (Fsp3) is 0.242. The molecule has 1 aliphatic rings. The molecule has 1 N–H and O–H groups in total. The van der Waals surface area contributed by atoms with Crippen LogP contribution in [-0.2, 0) is 22.6 Å². The molecule has 0 bridgehead atoms. The first-order valence-corrected chi connectivity index (χ1v) is 13.9. The molecule has 0 aliphatic carbocycles. The molecule has 1 heterocycles. The molecule has 7 heteroatoms. The van der Waals surface area contributed by atoms with E-state index in [2.05, 4.69) is 5.32 Å². The molecular weight excluding hydrogens is 522 g/mol. The molecule has 204 valence electrons. The maximum atomic E-state index is 14.2. The lowest BCUT2D eigenvalue weighted by Gasteiger charge is -2.33. The van der Waals surface area contributed by atoms with Gasteiger partial charge in [-0.2, -0.15) is 0 Å². The van der Waals surface area contributed by atoms with Crippen LogP contribution in [0.1, 0.15) is 41.8 Å². The van der Waals surface area contributed by atoms with E-state index in [1.165, 1.54) is 4.90 Å². The van der Waals surface area contributed by atoms with Crippen molar-refractivity contribution < 1.29 is 14.4 Å². The van der Waals surface area contributed by atoms with E-state index in [0.29, 0.717) is 22.7 Å². The van der Waals surface area contributed by atoms with Crippen LogP contribution in [0.15, 0.2) is 91.0 Å². The third-order valence-corrected chi connectivity index (χ3v) is 7.69. The van der Waals surface area contributed by atoms with Gasteiger partial charge in [0.05, 0.1) is 5.69 Å². The summed E-state index contributed by atoms with van der Waals surface area (Å²) in [5.41, 5.74) is 3.02. The van der Waals surface area contributed by atoms with Crippen molar-refractivity contribution in [3.05, 3.63) is 113 Å². The highest BCUT2D eigenvalue weighted by molar-refractivity contribution is 6.30. The Morgan fingerprint density at radius 3 is 2.35 bits per heavy atom. The van der Waals surface area contributed by atoms with Crippen molar-refractivity contribution in [1.29, 1.82) is 0 Å². The number of halogens is 1. The van der Waals surface area contributed by atoms with E-state index in [4.69, 9.17) is 11.6 Å². The first kappa shape index (κ1) is 27.4. The van der Waals surface area contributed by atoms with E-state index in [0.717, 1.165) is 28.3 Å². The van der Waals surface area contributed by atoms with Crippen molar-refractivity contribution >= 4 is 45.8 Å². The summed E-state index contributed by atoms with van der Waals surface area (Å²) in [6, 6.07) is 27.4. The second-order valence-corrected chi connectivity index (χ2v) is 10.7. The average Bonchev–Trinajstić information content (AvgIpc) is 3.23. The Kier molecular flexibility index (Phi) is 8.17. The summed E-state index contributed by atoms with van der Waals surface area (Å²) >= 11 is 6.29. The van der Waals surface area contributed by atoms with Gasteiger partial charge in [-0.25, -0.2) is 0 Å². The fourth-order valence-corrected chi connectivity index (χ4v) is 5.40. The Balaban J connectivity index is 1.51. The van der Waals surface area contributed by atoms with Gasteiger partial charge in [-0.15, -0.1) is 0 Å². The third kappa shape index (κ3) is 5.73. The molecule has 2 unspecified atom stereocenters. The van der Waals surface area contributed by atoms with Crippen LogP contribution in [0, 0.1) is 0 Å². The molecule has 1 aliphatic heterocycles. The number of amides is 3. The van der Waals surface area contributed by atoms with Crippen molar-refractivity contribution in [3.8, 4) is 0 Å². The molecule has 6 nitrogen and oxygen atoms in total. The van der Waals surface area contributed by atoms with E-state index in [9.17, 15) is 14.4 Å². The standard InChI is InChI=1S/C33H32ClN3O3/c1-3-22(2)35-32(39)29(19-23-10-5-4-6-11-23)36(20-24-12-7-15-26(34)18-24)30(38)21-37-28-17-9-14-25-13-8-16-27(31(25)28)33(37)40/h4-18,22,29H,3,19-21H2,1-2H3,(H,35,39). The zero-order valence-electron chi connectivity index (χ0n) is 22.6. The summed E-state index contributed by atoms with van der Waals surface area (Å²) < 4.78 is 0. The molecule has 40 heavy (non-hydrogen) atoms. The van der Waals surface area contributed by atoms with Crippen LogP contribution < -0.4 is 10.2 Å². The van der Waals surface area contributed by atoms with E-state index in [1.54, 1.807) is 23.1 Å². The predicted octanol–water partition coefficient (Wildman–Crippen LogP) is 6.01. The van der Waals surface area contributed by atoms with Crippen LogP contribution >= 0.6 is 11.6 Å². The van der Waals surface area contributed by atoms with Gasteiger partial charge in [0.15, 0.2) is 0 Å². The van der Waals surface area contributed by atoms with Crippen LogP contribution in [0.25, 0.3) is 10.8 Å². The molecule has 3 amide bonds. The molecule has 2 atom stereocenters. The number of hydrogen-bond donors (Lipinski definition) is 1. The Hall–Kier alpha value is -4.16. The van der Waals surface area contributed by atoms with Crippen molar-refractivity contribution in [2.45, 2.75) is 45.3 Å². The van der Waals surface area contributed by atoms with Gasteiger partial charge in [-0.1, -0.05) is 85.3 Å². The van der Waals surface area contributed by atoms with Gasteiger partial charge in [0.25, 0.3) is 5.91 Å². The minimum absolute atomic E-state index is 0.0545. The molecule has 0 fully saturated rings. The quantitative estimate of drug-likeness (QED) is 0.261. The van der Waals surface area contributed by atoms with Crippen molar-refractivity contribution in [1.82, 2.24) is 10.2 Å². The monoisotopic (exact) mass is 553 g/mol. The molecule has 4 aromatic carbocycles. The van der Waals surface area contributed by atoms with E-state index in [1.807, 2.05) is 86.6 Å². The second-order valence-electron chi connectivity index (χ2n) is 10.2. The van der Waals surface area contributed by atoms with Gasteiger partial charge in [0.2, 0.25) is 11.8 Å². The second kappa shape index (κ2) is 11.9. The SMILES string of the molecule is CCC(C)NC(=O)C(Cc1ccccc1)N(Cc1cccc(Cl)c1)C(=O)CN1C(=O)c2cccc3cccc1c23. The van der Waals surface area contributed by atoms with E-state index in [-0.39, 0.29) is 36.9 Å². The molecular formula is C33H32ClN3O3. The van der Waals surface area contributed by atoms with Gasteiger partial charge >= 0.3 is 0 Å². The molecule has 0 spiro atoms. The van der Waals surface area contributed by atoms with Crippen LogP contribution in [0.2, 0.25) is 5.02 Å². The highest BCUT2D eigenvalue weighted by Gasteiger charge is 2.36. The van der Waals surface area contributed by atoms with Crippen LogP contribution in [0.5, 0.6) is 0 Å². The van der Waals surface area contributed by atoms with Gasteiger partial charge in [0.1, 0.15) is 12.6 Å². The minimum atomic E-state index is -0.793. The first-order valence-electron chi connectivity index (χ1n) is 13.6. The zero-order chi connectivity index (χ0) is 28.2. The van der Waals surface area contributed by atoms with Crippen molar-refractivity contribution in [3.63, 3.8) is 0 Å². The van der Waals surface area contributed by atoms with Crippen LogP contribution in [0.3, 0.4) is 0 Å². The van der Waals surface area contributed by atoms with Gasteiger partial charge < -0.3 is 10.2 Å². The summed E-state index contributed by atoms with van der Waals surface area (Å²) in [4.78, 5) is 44.5. The lowest BCUT2D eigenvalue weighted by molar-refractivity contribution is -0.140. The van der Waals surface area contributed by atoms with E-state index >= 15 is 0 Å². The smallest absolute Gasteiger partial charge is 0.259 e. The number of hydrogen-bond acceptors (Lipinski definition) is 3.